The molecule has 0 unspecified atom stereocenters. The van der Waals surface area contributed by atoms with Gasteiger partial charge in [-0.25, -0.2) is 13.1 Å². The standard InChI is InChI=1S/C21H28N2O5S/c1-4-5-6-7-15-22-29(25,26)17-13-11-16(12-14-17)23-21(24)20-18(27-2)9-8-10-19(20)28-3/h8-14,22H,4-7,15H2,1-3H3,(H,23,24). The number of rotatable bonds is 11. The maximum absolute atomic E-state index is 12.7. The number of sulfonamides is 1. The van der Waals surface area contributed by atoms with Gasteiger partial charge < -0.3 is 14.8 Å². The lowest BCUT2D eigenvalue weighted by atomic mass is 10.1. The van der Waals surface area contributed by atoms with Gasteiger partial charge in [0.1, 0.15) is 17.1 Å². The third-order valence-corrected chi connectivity index (χ3v) is 5.88. The molecular formula is C21H28N2O5S. The first kappa shape index (κ1) is 22.7. The van der Waals surface area contributed by atoms with Crippen molar-refractivity contribution in [2.45, 2.75) is 37.5 Å². The smallest absolute Gasteiger partial charge is 0.263 e. The molecule has 0 bridgehead atoms. The molecule has 7 nitrogen and oxygen atoms in total. The van der Waals surface area contributed by atoms with Crippen LogP contribution in [0.5, 0.6) is 11.5 Å². The van der Waals surface area contributed by atoms with Gasteiger partial charge in [0.25, 0.3) is 5.91 Å². The van der Waals surface area contributed by atoms with Crippen molar-refractivity contribution in [2.75, 3.05) is 26.1 Å². The third kappa shape index (κ3) is 6.20. The zero-order chi connectivity index (χ0) is 21.3. The minimum absolute atomic E-state index is 0.154. The molecule has 2 aromatic carbocycles. The van der Waals surface area contributed by atoms with Crippen LogP contribution >= 0.6 is 0 Å². The largest absolute Gasteiger partial charge is 0.496 e. The first-order valence-corrected chi connectivity index (χ1v) is 11.0. The highest BCUT2D eigenvalue weighted by molar-refractivity contribution is 7.89. The van der Waals surface area contributed by atoms with Gasteiger partial charge in [-0.2, -0.15) is 0 Å². The van der Waals surface area contributed by atoms with Gasteiger partial charge in [0.15, 0.2) is 0 Å². The molecule has 0 aliphatic carbocycles. The minimum atomic E-state index is -3.57. The van der Waals surface area contributed by atoms with Crippen molar-refractivity contribution in [3.05, 3.63) is 48.0 Å². The highest BCUT2D eigenvalue weighted by Crippen LogP contribution is 2.29. The molecule has 2 aromatic rings. The molecule has 0 spiro atoms. The number of unbranched alkanes of at least 4 members (excludes halogenated alkanes) is 3. The van der Waals surface area contributed by atoms with Gasteiger partial charge in [-0.3, -0.25) is 4.79 Å². The lowest BCUT2D eigenvalue weighted by Gasteiger charge is -2.13. The Hall–Kier alpha value is -2.58. The average Bonchev–Trinajstić information content (AvgIpc) is 2.73. The van der Waals surface area contributed by atoms with E-state index in [0.29, 0.717) is 23.7 Å². The molecule has 0 atom stereocenters. The summed E-state index contributed by atoms with van der Waals surface area (Å²) in [5.74, 6) is 0.352. The second kappa shape index (κ2) is 10.8. The predicted molar refractivity (Wildman–Crippen MR) is 113 cm³/mol. The van der Waals surface area contributed by atoms with E-state index < -0.39 is 15.9 Å². The number of hydrogen-bond donors (Lipinski definition) is 2. The predicted octanol–water partition coefficient (Wildman–Crippen LogP) is 3.81. The van der Waals surface area contributed by atoms with Crippen LogP contribution in [0, 0.1) is 0 Å². The number of carbonyl (C=O) groups excluding carboxylic acids is 1. The minimum Gasteiger partial charge on any atom is -0.496 e. The summed E-state index contributed by atoms with van der Waals surface area (Å²) in [6, 6.07) is 11.1. The number of hydrogen-bond acceptors (Lipinski definition) is 5. The van der Waals surface area contributed by atoms with Crippen molar-refractivity contribution in [2.24, 2.45) is 0 Å². The van der Waals surface area contributed by atoms with Crippen LogP contribution in [-0.4, -0.2) is 35.1 Å². The van der Waals surface area contributed by atoms with Crippen LogP contribution in [0.4, 0.5) is 5.69 Å². The fourth-order valence-corrected chi connectivity index (χ4v) is 3.90. The molecule has 0 aliphatic rings. The van der Waals surface area contributed by atoms with E-state index >= 15 is 0 Å². The molecule has 0 radical (unpaired) electrons. The Kier molecular flexibility index (Phi) is 8.48. The molecule has 158 valence electrons. The van der Waals surface area contributed by atoms with E-state index in [2.05, 4.69) is 17.0 Å². The second-order valence-corrected chi connectivity index (χ2v) is 8.24. The number of ether oxygens (including phenoxy) is 2. The fraction of sp³-hybridized carbons (Fsp3) is 0.381. The number of benzene rings is 2. The first-order chi connectivity index (χ1) is 13.9. The van der Waals surface area contributed by atoms with Crippen molar-refractivity contribution >= 4 is 21.6 Å². The Morgan fingerprint density at radius 1 is 0.931 bits per heavy atom. The number of nitrogens with one attached hydrogen (secondary N) is 2. The van der Waals surface area contributed by atoms with Crippen molar-refractivity contribution < 1.29 is 22.7 Å². The van der Waals surface area contributed by atoms with E-state index in [0.717, 1.165) is 25.7 Å². The summed E-state index contributed by atoms with van der Waals surface area (Å²) in [6.07, 6.45) is 3.99. The second-order valence-electron chi connectivity index (χ2n) is 6.47. The van der Waals surface area contributed by atoms with E-state index in [-0.39, 0.29) is 10.5 Å². The topological polar surface area (TPSA) is 93.7 Å². The van der Waals surface area contributed by atoms with Gasteiger partial charge in [-0.05, 0) is 42.8 Å². The SMILES string of the molecule is CCCCCCNS(=O)(=O)c1ccc(NC(=O)c2c(OC)cccc2OC)cc1. The van der Waals surface area contributed by atoms with E-state index in [9.17, 15) is 13.2 Å². The first-order valence-electron chi connectivity index (χ1n) is 9.55. The summed E-state index contributed by atoms with van der Waals surface area (Å²) in [5, 5.41) is 2.74. The lowest BCUT2D eigenvalue weighted by Crippen LogP contribution is -2.24. The molecule has 0 aromatic heterocycles. The highest BCUT2D eigenvalue weighted by atomic mass is 32.2. The maximum Gasteiger partial charge on any atom is 0.263 e. The monoisotopic (exact) mass is 420 g/mol. The molecule has 0 fully saturated rings. The van der Waals surface area contributed by atoms with Crippen LogP contribution in [0.1, 0.15) is 43.0 Å². The van der Waals surface area contributed by atoms with E-state index in [4.69, 9.17) is 9.47 Å². The van der Waals surface area contributed by atoms with Crippen LogP contribution in [-0.2, 0) is 10.0 Å². The van der Waals surface area contributed by atoms with Crippen LogP contribution in [0.15, 0.2) is 47.4 Å². The molecule has 0 aliphatic heterocycles. The quantitative estimate of drug-likeness (QED) is 0.539. The van der Waals surface area contributed by atoms with Gasteiger partial charge >= 0.3 is 0 Å². The molecule has 8 heteroatoms. The average molecular weight is 421 g/mol. The van der Waals surface area contributed by atoms with Gasteiger partial charge in [0, 0.05) is 12.2 Å². The molecular weight excluding hydrogens is 392 g/mol. The van der Waals surface area contributed by atoms with E-state index in [1.165, 1.54) is 26.4 Å². The van der Waals surface area contributed by atoms with Gasteiger partial charge in [-0.1, -0.05) is 32.3 Å². The van der Waals surface area contributed by atoms with E-state index in [1.54, 1.807) is 30.3 Å². The molecule has 29 heavy (non-hydrogen) atoms. The van der Waals surface area contributed by atoms with Crippen molar-refractivity contribution in [3.63, 3.8) is 0 Å². The van der Waals surface area contributed by atoms with Gasteiger partial charge in [0.2, 0.25) is 10.0 Å². The maximum atomic E-state index is 12.7. The molecule has 1 amide bonds. The molecule has 2 rings (SSSR count). The number of carbonyl (C=O) groups is 1. The summed E-state index contributed by atoms with van der Waals surface area (Å²) in [5.41, 5.74) is 0.729. The Morgan fingerprint density at radius 3 is 2.10 bits per heavy atom. The Labute approximate surface area is 172 Å². The van der Waals surface area contributed by atoms with Crippen molar-refractivity contribution in [1.82, 2.24) is 4.72 Å². The van der Waals surface area contributed by atoms with Crippen LogP contribution in [0.3, 0.4) is 0 Å². The normalized spacial score (nSPS) is 11.1. The van der Waals surface area contributed by atoms with Crippen molar-refractivity contribution in [1.29, 1.82) is 0 Å². The zero-order valence-electron chi connectivity index (χ0n) is 17.0. The van der Waals surface area contributed by atoms with Crippen LogP contribution < -0.4 is 19.5 Å². The highest BCUT2D eigenvalue weighted by Gasteiger charge is 2.19. The molecule has 0 saturated carbocycles. The zero-order valence-corrected chi connectivity index (χ0v) is 17.8. The fourth-order valence-electron chi connectivity index (χ4n) is 2.83. The Balaban J connectivity index is 2.07. The number of amides is 1. The Morgan fingerprint density at radius 2 is 1.55 bits per heavy atom. The summed E-state index contributed by atoms with van der Waals surface area (Å²) >= 11 is 0. The van der Waals surface area contributed by atoms with Crippen molar-refractivity contribution in [3.8, 4) is 11.5 Å². The number of anilines is 1. The molecule has 0 saturated heterocycles. The summed E-state index contributed by atoms with van der Waals surface area (Å²) in [6.45, 7) is 2.52. The van der Waals surface area contributed by atoms with E-state index in [1.807, 2.05) is 0 Å². The number of methoxy groups -OCH3 is 2. The summed E-state index contributed by atoms with van der Waals surface area (Å²) < 4.78 is 37.8. The van der Waals surface area contributed by atoms with Crippen LogP contribution in [0.2, 0.25) is 0 Å². The van der Waals surface area contributed by atoms with Gasteiger partial charge in [0.05, 0.1) is 19.1 Å². The molecule has 0 heterocycles. The third-order valence-electron chi connectivity index (χ3n) is 4.40. The Bertz CT molecular complexity index is 889. The lowest BCUT2D eigenvalue weighted by molar-refractivity contribution is 0.102. The van der Waals surface area contributed by atoms with Crippen LogP contribution in [0.25, 0.3) is 0 Å². The van der Waals surface area contributed by atoms with Gasteiger partial charge in [-0.15, -0.1) is 0 Å². The molecule has 2 N–H and O–H groups in total. The summed E-state index contributed by atoms with van der Waals surface area (Å²) in [7, 11) is -0.624. The summed E-state index contributed by atoms with van der Waals surface area (Å²) in [4.78, 5) is 12.8.